The number of thioether (sulfide) groups is 1. The summed E-state index contributed by atoms with van der Waals surface area (Å²) in [5.41, 5.74) is 0.659. The molecule has 0 amide bonds. The molecular weight excluding hydrogens is 270 g/mol. The average Bonchev–Trinajstić information content (AvgIpc) is 2.40. The predicted octanol–water partition coefficient (Wildman–Crippen LogP) is 3.04. The molecule has 0 N–H and O–H groups in total. The van der Waals surface area contributed by atoms with Crippen LogP contribution in [0, 0.1) is 18.6 Å². The Hall–Kier alpha value is -1.82. The van der Waals surface area contributed by atoms with Gasteiger partial charge in [-0.05, 0) is 30.7 Å². The van der Waals surface area contributed by atoms with Gasteiger partial charge in [-0.15, -0.1) is 0 Å². The summed E-state index contributed by atoms with van der Waals surface area (Å²) in [6.07, 6.45) is 3.26. The molecule has 0 saturated heterocycles. The number of rotatable bonds is 4. The summed E-state index contributed by atoms with van der Waals surface area (Å²) in [5, 5.41) is 0.427. The second kappa shape index (κ2) is 5.88. The Balaban J connectivity index is 2.05. The Morgan fingerprint density at radius 1 is 1.26 bits per heavy atom. The lowest BCUT2D eigenvalue weighted by atomic mass is 10.1. The van der Waals surface area contributed by atoms with Gasteiger partial charge in [0.1, 0.15) is 11.6 Å². The van der Waals surface area contributed by atoms with Crippen LogP contribution >= 0.6 is 11.8 Å². The van der Waals surface area contributed by atoms with E-state index >= 15 is 0 Å². The molecule has 2 rings (SSSR count). The van der Waals surface area contributed by atoms with Crippen molar-refractivity contribution in [2.45, 2.75) is 12.1 Å². The van der Waals surface area contributed by atoms with Crippen molar-refractivity contribution in [1.82, 2.24) is 9.97 Å². The summed E-state index contributed by atoms with van der Waals surface area (Å²) >= 11 is 1.09. The number of Topliss-reactive ketones (excluding diaryl/α,β-unsaturated/α-hetero) is 1. The van der Waals surface area contributed by atoms with Gasteiger partial charge in [0, 0.05) is 12.4 Å². The zero-order valence-corrected chi connectivity index (χ0v) is 10.9. The predicted molar refractivity (Wildman–Crippen MR) is 68.2 cm³/mol. The second-order valence-electron chi connectivity index (χ2n) is 3.88. The molecule has 0 aliphatic heterocycles. The first-order valence-corrected chi connectivity index (χ1v) is 6.44. The van der Waals surface area contributed by atoms with E-state index in [0.29, 0.717) is 5.16 Å². The highest BCUT2D eigenvalue weighted by atomic mass is 32.2. The number of hydrogen-bond acceptors (Lipinski definition) is 4. The molecule has 6 heteroatoms. The maximum Gasteiger partial charge on any atom is 0.187 e. The first kappa shape index (κ1) is 13.6. The maximum absolute atomic E-state index is 13.4. The number of benzene rings is 1. The fraction of sp³-hybridized carbons (Fsp3) is 0.154. The summed E-state index contributed by atoms with van der Waals surface area (Å²) in [7, 11) is 0. The molecule has 0 fully saturated rings. The Morgan fingerprint density at radius 2 is 1.95 bits per heavy atom. The van der Waals surface area contributed by atoms with E-state index < -0.39 is 17.4 Å². The smallest absolute Gasteiger partial charge is 0.187 e. The van der Waals surface area contributed by atoms with Gasteiger partial charge in [-0.25, -0.2) is 18.7 Å². The van der Waals surface area contributed by atoms with Gasteiger partial charge in [-0.3, -0.25) is 4.79 Å². The molecule has 0 saturated carbocycles. The third-order valence-corrected chi connectivity index (χ3v) is 3.19. The van der Waals surface area contributed by atoms with Gasteiger partial charge >= 0.3 is 0 Å². The van der Waals surface area contributed by atoms with Crippen molar-refractivity contribution in [3.63, 3.8) is 0 Å². The van der Waals surface area contributed by atoms with Crippen LogP contribution in [0.1, 0.15) is 15.9 Å². The molecule has 0 spiro atoms. The number of nitrogens with zero attached hydrogens (tertiary/aromatic N) is 2. The molecule has 2 aromatic rings. The zero-order chi connectivity index (χ0) is 13.8. The Labute approximate surface area is 113 Å². The zero-order valence-electron chi connectivity index (χ0n) is 10.1. The van der Waals surface area contributed by atoms with Crippen LogP contribution in [0.5, 0.6) is 0 Å². The first-order chi connectivity index (χ1) is 9.06. The average molecular weight is 280 g/mol. The van der Waals surface area contributed by atoms with Crippen LogP contribution in [0.4, 0.5) is 8.78 Å². The minimum atomic E-state index is -0.725. The molecule has 1 aromatic carbocycles. The molecule has 0 unspecified atom stereocenters. The van der Waals surface area contributed by atoms with Crippen LogP contribution in [0.2, 0.25) is 0 Å². The summed E-state index contributed by atoms with van der Waals surface area (Å²) in [4.78, 5) is 19.8. The van der Waals surface area contributed by atoms with Crippen LogP contribution in [0.25, 0.3) is 0 Å². The van der Waals surface area contributed by atoms with E-state index in [1.807, 2.05) is 6.92 Å². The van der Waals surface area contributed by atoms with E-state index in [0.717, 1.165) is 35.5 Å². The molecule has 98 valence electrons. The van der Waals surface area contributed by atoms with E-state index in [-0.39, 0.29) is 11.3 Å². The van der Waals surface area contributed by atoms with Gasteiger partial charge in [0.15, 0.2) is 10.9 Å². The molecule has 0 radical (unpaired) electrons. The summed E-state index contributed by atoms with van der Waals surface area (Å²) in [5.74, 6) is -1.90. The molecular formula is C13H10F2N2OS. The van der Waals surface area contributed by atoms with E-state index in [9.17, 15) is 13.6 Å². The van der Waals surface area contributed by atoms with Crippen LogP contribution in [-0.4, -0.2) is 21.5 Å². The van der Waals surface area contributed by atoms with Gasteiger partial charge in [0.2, 0.25) is 0 Å². The molecule has 0 aliphatic carbocycles. The number of aryl methyl sites for hydroxylation is 1. The Morgan fingerprint density at radius 3 is 2.63 bits per heavy atom. The number of carbonyl (C=O) groups is 1. The fourth-order valence-corrected chi connectivity index (χ4v) is 2.04. The monoisotopic (exact) mass is 280 g/mol. The first-order valence-electron chi connectivity index (χ1n) is 5.46. The SMILES string of the molecule is Cc1cnc(SCC(=O)c2cc(F)ccc2F)nc1. The number of aromatic nitrogens is 2. The number of hydrogen-bond donors (Lipinski definition) is 0. The standard InChI is InChI=1S/C13H10F2N2OS/c1-8-5-16-13(17-6-8)19-7-12(18)10-4-9(14)2-3-11(10)15/h2-6H,7H2,1H3. The number of ketones is 1. The Kier molecular flexibility index (Phi) is 4.21. The largest absolute Gasteiger partial charge is 0.293 e. The number of halogens is 2. The summed E-state index contributed by atoms with van der Waals surface area (Å²) in [6.45, 7) is 1.85. The third kappa shape index (κ3) is 3.57. The second-order valence-corrected chi connectivity index (χ2v) is 4.82. The van der Waals surface area contributed by atoms with Crippen molar-refractivity contribution in [1.29, 1.82) is 0 Å². The van der Waals surface area contributed by atoms with Gasteiger partial charge in [0.25, 0.3) is 0 Å². The molecule has 19 heavy (non-hydrogen) atoms. The maximum atomic E-state index is 13.4. The van der Waals surface area contributed by atoms with E-state index in [2.05, 4.69) is 9.97 Å². The molecule has 1 aromatic heterocycles. The topological polar surface area (TPSA) is 42.9 Å². The van der Waals surface area contributed by atoms with Crippen molar-refractivity contribution in [3.8, 4) is 0 Å². The van der Waals surface area contributed by atoms with Crippen LogP contribution in [0.15, 0.2) is 35.7 Å². The van der Waals surface area contributed by atoms with Crippen molar-refractivity contribution in [3.05, 3.63) is 53.4 Å². The van der Waals surface area contributed by atoms with Crippen molar-refractivity contribution < 1.29 is 13.6 Å². The molecule has 0 atom stereocenters. The van der Waals surface area contributed by atoms with Crippen LogP contribution < -0.4 is 0 Å². The summed E-state index contributed by atoms with van der Waals surface area (Å²) in [6, 6.07) is 2.81. The number of carbonyl (C=O) groups excluding carboxylic acids is 1. The van der Waals surface area contributed by atoms with Gasteiger partial charge in [-0.1, -0.05) is 11.8 Å². The lowest BCUT2D eigenvalue weighted by molar-refractivity contribution is 0.101. The third-order valence-electron chi connectivity index (χ3n) is 2.32. The molecule has 1 heterocycles. The van der Waals surface area contributed by atoms with E-state index in [1.54, 1.807) is 12.4 Å². The van der Waals surface area contributed by atoms with E-state index in [4.69, 9.17) is 0 Å². The minimum Gasteiger partial charge on any atom is -0.293 e. The highest BCUT2D eigenvalue weighted by molar-refractivity contribution is 7.99. The molecule has 0 bridgehead atoms. The lowest BCUT2D eigenvalue weighted by Crippen LogP contribution is -2.06. The molecule has 3 nitrogen and oxygen atoms in total. The quantitative estimate of drug-likeness (QED) is 0.490. The van der Waals surface area contributed by atoms with Crippen molar-refractivity contribution in [2.24, 2.45) is 0 Å². The van der Waals surface area contributed by atoms with Crippen LogP contribution in [-0.2, 0) is 0 Å². The fourth-order valence-electron chi connectivity index (χ4n) is 1.37. The lowest BCUT2D eigenvalue weighted by Gasteiger charge is -2.02. The van der Waals surface area contributed by atoms with E-state index in [1.165, 1.54) is 0 Å². The van der Waals surface area contributed by atoms with Crippen molar-refractivity contribution >= 4 is 17.5 Å². The summed E-state index contributed by atoms with van der Waals surface area (Å²) < 4.78 is 26.3. The van der Waals surface area contributed by atoms with Crippen LogP contribution in [0.3, 0.4) is 0 Å². The van der Waals surface area contributed by atoms with Gasteiger partial charge < -0.3 is 0 Å². The van der Waals surface area contributed by atoms with Gasteiger partial charge in [0.05, 0.1) is 11.3 Å². The van der Waals surface area contributed by atoms with Crippen molar-refractivity contribution in [2.75, 3.05) is 5.75 Å². The minimum absolute atomic E-state index is 0.0383. The highest BCUT2D eigenvalue weighted by Crippen LogP contribution is 2.17. The highest BCUT2D eigenvalue weighted by Gasteiger charge is 2.13. The van der Waals surface area contributed by atoms with Gasteiger partial charge in [-0.2, -0.15) is 0 Å². The Bertz CT molecular complexity index is 602. The normalized spacial score (nSPS) is 10.5. The molecule has 0 aliphatic rings.